The molecular formula is C7H14O3S. The number of aliphatic carboxylic acids is 1. The molecule has 0 saturated heterocycles. The molecule has 3 nitrogen and oxygen atoms in total. The molecule has 0 amide bonds. The molecule has 4 heteroatoms. The van der Waals surface area contributed by atoms with E-state index >= 15 is 0 Å². The molecule has 0 aliphatic carbocycles. The summed E-state index contributed by atoms with van der Waals surface area (Å²) in [5.74, 6) is -0.147. The van der Waals surface area contributed by atoms with Gasteiger partial charge < -0.3 is 10.2 Å². The summed E-state index contributed by atoms with van der Waals surface area (Å²) in [4.78, 5) is 9.60. The lowest BCUT2D eigenvalue weighted by Gasteiger charge is -1.79. The van der Waals surface area contributed by atoms with Crippen molar-refractivity contribution < 1.29 is 15.0 Å². The Balaban J connectivity index is 0. The number of rotatable bonds is 3. The minimum Gasteiger partial charge on any atom is -0.478 e. The molecule has 0 aliphatic rings. The SMILES string of the molecule is C=C(C)C(=O)O.OCCCS. The predicted octanol–water partition coefficient (Wildman–Crippen LogP) is 0.946. The van der Waals surface area contributed by atoms with Gasteiger partial charge in [-0.05, 0) is 19.1 Å². The van der Waals surface area contributed by atoms with Crippen LogP contribution in [0.4, 0.5) is 0 Å². The molecule has 11 heavy (non-hydrogen) atoms. The molecule has 0 saturated carbocycles. The zero-order chi connectivity index (χ0) is 9.28. The summed E-state index contributed by atoms with van der Waals surface area (Å²) in [6.45, 7) is 4.87. The fraction of sp³-hybridized carbons (Fsp3) is 0.571. The van der Waals surface area contributed by atoms with Crippen molar-refractivity contribution in [1.82, 2.24) is 0 Å². The van der Waals surface area contributed by atoms with Crippen molar-refractivity contribution in [3.8, 4) is 0 Å². The van der Waals surface area contributed by atoms with Crippen LogP contribution in [0.1, 0.15) is 13.3 Å². The van der Waals surface area contributed by atoms with E-state index in [0.29, 0.717) is 0 Å². The number of hydrogen-bond acceptors (Lipinski definition) is 3. The number of carboxylic acid groups (broad SMARTS) is 1. The smallest absolute Gasteiger partial charge is 0.330 e. The van der Waals surface area contributed by atoms with Crippen LogP contribution in [0.5, 0.6) is 0 Å². The van der Waals surface area contributed by atoms with Crippen molar-refractivity contribution >= 4 is 18.6 Å². The lowest BCUT2D eigenvalue weighted by molar-refractivity contribution is -0.132. The first-order valence-corrected chi connectivity index (χ1v) is 3.80. The lowest BCUT2D eigenvalue weighted by atomic mass is 10.4. The summed E-state index contributed by atoms with van der Waals surface area (Å²) in [7, 11) is 0. The number of aliphatic hydroxyl groups is 1. The molecule has 0 unspecified atom stereocenters. The van der Waals surface area contributed by atoms with Crippen LogP contribution >= 0.6 is 12.6 Å². The molecule has 0 atom stereocenters. The first-order valence-electron chi connectivity index (χ1n) is 3.16. The second-order valence-corrected chi connectivity index (χ2v) is 2.33. The van der Waals surface area contributed by atoms with Gasteiger partial charge in [0.25, 0.3) is 0 Å². The fourth-order valence-corrected chi connectivity index (χ4v) is 0.212. The third kappa shape index (κ3) is 17.7. The number of thiol groups is 1. The van der Waals surface area contributed by atoms with Crippen LogP contribution in [0.2, 0.25) is 0 Å². The van der Waals surface area contributed by atoms with E-state index in [9.17, 15) is 4.79 Å². The van der Waals surface area contributed by atoms with E-state index in [-0.39, 0.29) is 12.2 Å². The van der Waals surface area contributed by atoms with Crippen LogP contribution in [0.3, 0.4) is 0 Å². The quantitative estimate of drug-likeness (QED) is 0.445. The molecule has 0 aromatic carbocycles. The van der Waals surface area contributed by atoms with Crippen molar-refractivity contribution in [2.45, 2.75) is 13.3 Å². The molecule has 0 rings (SSSR count). The van der Waals surface area contributed by atoms with Gasteiger partial charge >= 0.3 is 5.97 Å². The molecule has 0 fully saturated rings. The van der Waals surface area contributed by atoms with Gasteiger partial charge in [-0.15, -0.1) is 0 Å². The van der Waals surface area contributed by atoms with Gasteiger partial charge in [-0.3, -0.25) is 0 Å². The molecular weight excluding hydrogens is 164 g/mol. The van der Waals surface area contributed by atoms with Crippen molar-refractivity contribution in [2.75, 3.05) is 12.4 Å². The summed E-state index contributed by atoms with van der Waals surface area (Å²) in [6, 6.07) is 0. The minimum atomic E-state index is -0.935. The van der Waals surface area contributed by atoms with Gasteiger partial charge in [0.1, 0.15) is 0 Å². The second-order valence-electron chi connectivity index (χ2n) is 1.89. The van der Waals surface area contributed by atoms with Crippen LogP contribution in [-0.2, 0) is 4.79 Å². The Kier molecular flexibility index (Phi) is 11.4. The number of carbonyl (C=O) groups is 1. The minimum absolute atomic E-state index is 0.176. The Morgan fingerprint density at radius 2 is 2.00 bits per heavy atom. The number of hydrogen-bond donors (Lipinski definition) is 3. The zero-order valence-corrected chi connectivity index (χ0v) is 7.47. The number of carboxylic acids is 1. The standard InChI is InChI=1S/C4H6O2.C3H8OS/c1-3(2)4(5)6;4-2-1-3-5/h1H2,2H3,(H,5,6);4-5H,1-3H2. The molecule has 2 N–H and O–H groups in total. The normalized spacial score (nSPS) is 7.91. The third-order valence-corrected chi connectivity index (χ3v) is 0.998. The van der Waals surface area contributed by atoms with Crippen LogP contribution in [0, 0.1) is 0 Å². The highest BCUT2D eigenvalue weighted by Gasteiger charge is 1.90. The van der Waals surface area contributed by atoms with E-state index in [1.807, 2.05) is 0 Å². The van der Waals surface area contributed by atoms with E-state index in [2.05, 4.69) is 19.2 Å². The van der Waals surface area contributed by atoms with E-state index in [1.54, 1.807) is 0 Å². The Bertz CT molecular complexity index is 109. The highest BCUT2D eigenvalue weighted by molar-refractivity contribution is 7.80. The summed E-state index contributed by atoms with van der Waals surface area (Å²) in [5, 5.41) is 15.9. The average molecular weight is 178 g/mol. The van der Waals surface area contributed by atoms with Gasteiger partial charge in [-0.2, -0.15) is 12.6 Å². The summed E-state index contributed by atoms with van der Waals surface area (Å²) in [5.41, 5.74) is 0.176. The monoisotopic (exact) mass is 178 g/mol. The summed E-state index contributed by atoms with van der Waals surface area (Å²) < 4.78 is 0. The Morgan fingerprint density at radius 1 is 1.64 bits per heavy atom. The lowest BCUT2D eigenvalue weighted by Crippen LogP contribution is -1.92. The van der Waals surface area contributed by atoms with E-state index in [4.69, 9.17) is 10.2 Å². The maximum atomic E-state index is 9.60. The highest BCUT2D eigenvalue weighted by atomic mass is 32.1. The summed E-state index contributed by atoms with van der Waals surface area (Å²) >= 11 is 3.84. The van der Waals surface area contributed by atoms with E-state index in [0.717, 1.165) is 12.2 Å². The maximum absolute atomic E-state index is 9.60. The van der Waals surface area contributed by atoms with Crippen molar-refractivity contribution in [1.29, 1.82) is 0 Å². The molecule has 0 aromatic rings. The molecule has 0 aromatic heterocycles. The molecule has 66 valence electrons. The first kappa shape index (κ1) is 13.1. The van der Waals surface area contributed by atoms with Crippen molar-refractivity contribution in [2.24, 2.45) is 0 Å². The van der Waals surface area contributed by atoms with Crippen molar-refractivity contribution in [3.05, 3.63) is 12.2 Å². The van der Waals surface area contributed by atoms with Crippen LogP contribution in [0.25, 0.3) is 0 Å². The topological polar surface area (TPSA) is 57.5 Å². The van der Waals surface area contributed by atoms with Gasteiger partial charge in [0.15, 0.2) is 0 Å². The molecule has 0 aliphatic heterocycles. The molecule has 0 spiro atoms. The van der Waals surface area contributed by atoms with E-state index < -0.39 is 5.97 Å². The Morgan fingerprint density at radius 3 is 2.00 bits per heavy atom. The molecule has 0 bridgehead atoms. The fourth-order valence-electron chi connectivity index (χ4n) is 0.0707. The van der Waals surface area contributed by atoms with Gasteiger partial charge in [-0.1, -0.05) is 6.58 Å². The van der Waals surface area contributed by atoms with Crippen molar-refractivity contribution in [3.63, 3.8) is 0 Å². The number of aliphatic hydroxyl groups excluding tert-OH is 1. The highest BCUT2D eigenvalue weighted by Crippen LogP contribution is 1.81. The van der Waals surface area contributed by atoms with Crippen LogP contribution in [-0.4, -0.2) is 28.5 Å². The first-order chi connectivity index (χ1) is 5.06. The third-order valence-electron chi connectivity index (χ3n) is 0.681. The molecule has 0 heterocycles. The van der Waals surface area contributed by atoms with Crippen LogP contribution < -0.4 is 0 Å². The molecule has 0 radical (unpaired) electrons. The van der Waals surface area contributed by atoms with Gasteiger partial charge in [0.2, 0.25) is 0 Å². The predicted molar refractivity (Wildman–Crippen MR) is 48.0 cm³/mol. The maximum Gasteiger partial charge on any atom is 0.330 e. The second kappa shape index (κ2) is 9.52. The van der Waals surface area contributed by atoms with Gasteiger partial charge in [0, 0.05) is 12.2 Å². The Hall–Kier alpha value is -0.480. The van der Waals surface area contributed by atoms with Gasteiger partial charge in [0.05, 0.1) is 0 Å². The largest absolute Gasteiger partial charge is 0.478 e. The van der Waals surface area contributed by atoms with Gasteiger partial charge in [-0.25, -0.2) is 4.79 Å². The Labute approximate surface area is 72.2 Å². The zero-order valence-electron chi connectivity index (χ0n) is 6.58. The summed E-state index contributed by atoms with van der Waals surface area (Å²) in [6.07, 6.45) is 0.809. The van der Waals surface area contributed by atoms with Crippen LogP contribution in [0.15, 0.2) is 12.2 Å². The van der Waals surface area contributed by atoms with E-state index in [1.165, 1.54) is 6.92 Å². The average Bonchev–Trinajstić information content (AvgIpc) is 1.90.